The Bertz CT molecular complexity index is 935. The van der Waals surface area contributed by atoms with Crippen molar-refractivity contribution < 1.29 is 4.74 Å². The summed E-state index contributed by atoms with van der Waals surface area (Å²) in [6.07, 6.45) is 1.03. The van der Waals surface area contributed by atoms with Gasteiger partial charge in [0.25, 0.3) is 0 Å². The van der Waals surface area contributed by atoms with Crippen molar-refractivity contribution in [1.82, 2.24) is 0 Å². The predicted octanol–water partition coefficient (Wildman–Crippen LogP) is 4.85. The fourth-order valence-electron chi connectivity index (χ4n) is 3.45. The van der Waals surface area contributed by atoms with Crippen LogP contribution in [0.2, 0.25) is 0 Å². The molecule has 3 aromatic rings. The summed E-state index contributed by atoms with van der Waals surface area (Å²) in [5.74, 6) is 7.75. The summed E-state index contributed by atoms with van der Waals surface area (Å²) in [6, 6.07) is 27.1. The molecule has 0 bridgehead atoms. The summed E-state index contributed by atoms with van der Waals surface area (Å²) < 4.78 is 5.30. The molecule has 3 aromatic carbocycles. The lowest BCUT2D eigenvalue weighted by molar-refractivity contribution is 0.415. The molecule has 0 spiro atoms. The molecule has 0 saturated carbocycles. The Labute approximate surface area is 155 Å². The van der Waals surface area contributed by atoms with Crippen LogP contribution in [-0.2, 0) is 6.42 Å². The van der Waals surface area contributed by atoms with Gasteiger partial charge in [-0.2, -0.15) is 0 Å². The van der Waals surface area contributed by atoms with E-state index in [-0.39, 0.29) is 6.04 Å². The fraction of sp³-hybridized carbons (Fsp3) is 0.167. The number of fused-ring (bicyclic) bond motifs is 1. The Morgan fingerprint density at radius 3 is 2.38 bits per heavy atom. The molecule has 1 unspecified atom stereocenters. The first-order valence-corrected chi connectivity index (χ1v) is 8.90. The molecule has 1 aliphatic heterocycles. The monoisotopic (exact) mass is 339 g/mol. The van der Waals surface area contributed by atoms with E-state index in [1.165, 1.54) is 16.8 Å². The molecule has 0 radical (unpaired) electrons. The van der Waals surface area contributed by atoms with Gasteiger partial charge in [0.2, 0.25) is 0 Å². The van der Waals surface area contributed by atoms with E-state index in [0.717, 1.165) is 24.3 Å². The van der Waals surface area contributed by atoms with Gasteiger partial charge in [-0.05, 0) is 53.9 Å². The van der Waals surface area contributed by atoms with Crippen molar-refractivity contribution in [3.8, 4) is 17.6 Å². The number of hydrogen-bond donors (Lipinski definition) is 0. The normalized spacial score (nSPS) is 15.6. The minimum absolute atomic E-state index is 0.0496. The molecule has 0 fully saturated rings. The molecule has 1 heterocycles. The van der Waals surface area contributed by atoms with Crippen LogP contribution in [0.1, 0.15) is 22.7 Å². The zero-order valence-corrected chi connectivity index (χ0v) is 14.9. The Morgan fingerprint density at radius 2 is 1.62 bits per heavy atom. The maximum atomic E-state index is 5.30. The molecule has 0 saturated heterocycles. The van der Waals surface area contributed by atoms with Gasteiger partial charge in [-0.15, -0.1) is 0 Å². The van der Waals surface area contributed by atoms with Crippen LogP contribution in [0.3, 0.4) is 0 Å². The first kappa shape index (κ1) is 16.3. The smallest absolute Gasteiger partial charge is 0.119 e. The molecule has 0 aliphatic carbocycles. The van der Waals surface area contributed by atoms with Gasteiger partial charge in [-0.1, -0.05) is 54.3 Å². The van der Waals surface area contributed by atoms with Gasteiger partial charge >= 0.3 is 0 Å². The van der Waals surface area contributed by atoms with Gasteiger partial charge in [0, 0.05) is 17.8 Å². The quantitative estimate of drug-likeness (QED) is 0.619. The van der Waals surface area contributed by atoms with Gasteiger partial charge in [0.1, 0.15) is 11.8 Å². The number of anilines is 1. The predicted molar refractivity (Wildman–Crippen MR) is 107 cm³/mol. The zero-order chi connectivity index (χ0) is 17.8. The molecular weight excluding hydrogens is 318 g/mol. The third-order valence-corrected chi connectivity index (χ3v) is 4.81. The fourth-order valence-corrected chi connectivity index (χ4v) is 3.45. The van der Waals surface area contributed by atoms with E-state index in [1.807, 2.05) is 30.3 Å². The number of benzene rings is 3. The largest absolute Gasteiger partial charge is 0.497 e. The van der Waals surface area contributed by atoms with Crippen LogP contribution >= 0.6 is 0 Å². The van der Waals surface area contributed by atoms with Crippen molar-refractivity contribution in [2.75, 3.05) is 18.6 Å². The molecule has 0 amide bonds. The van der Waals surface area contributed by atoms with Crippen LogP contribution in [-0.4, -0.2) is 13.7 Å². The number of nitrogens with zero attached hydrogens (tertiary/aromatic N) is 1. The molecule has 26 heavy (non-hydrogen) atoms. The van der Waals surface area contributed by atoms with E-state index >= 15 is 0 Å². The third kappa shape index (κ3) is 3.30. The molecule has 1 aliphatic rings. The molecule has 0 aromatic heterocycles. The number of hydrogen-bond acceptors (Lipinski definition) is 2. The van der Waals surface area contributed by atoms with Crippen molar-refractivity contribution in [3.05, 3.63) is 95.6 Å². The highest BCUT2D eigenvalue weighted by Crippen LogP contribution is 2.34. The van der Waals surface area contributed by atoms with Crippen LogP contribution in [0.15, 0.2) is 78.9 Å². The van der Waals surface area contributed by atoms with Gasteiger partial charge in [-0.3, -0.25) is 0 Å². The summed E-state index contributed by atoms with van der Waals surface area (Å²) in [4.78, 5) is 2.39. The first-order valence-electron chi connectivity index (χ1n) is 8.90. The maximum Gasteiger partial charge on any atom is 0.119 e. The van der Waals surface area contributed by atoms with E-state index in [2.05, 4.69) is 65.3 Å². The molecule has 1 atom stereocenters. The van der Waals surface area contributed by atoms with Crippen LogP contribution in [0.25, 0.3) is 0 Å². The topological polar surface area (TPSA) is 12.5 Å². The van der Waals surface area contributed by atoms with E-state index in [4.69, 9.17) is 4.74 Å². The average molecular weight is 339 g/mol. The lowest BCUT2D eigenvalue weighted by Gasteiger charge is -2.36. The van der Waals surface area contributed by atoms with Gasteiger partial charge < -0.3 is 9.64 Å². The summed E-state index contributed by atoms with van der Waals surface area (Å²) >= 11 is 0. The Kier molecular flexibility index (Phi) is 4.62. The second kappa shape index (κ2) is 7.37. The molecule has 2 heteroatoms. The summed E-state index contributed by atoms with van der Waals surface area (Å²) in [5.41, 5.74) is 4.92. The van der Waals surface area contributed by atoms with Crippen molar-refractivity contribution in [2.45, 2.75) is 12.5 Å². The summed E-state index contributed by atoms with van der Waals surface area (Å²) in [5, 5.41) is 0. The lowest BCUT2D eigenvalue weighted by Crippen LogP contribution is -2.34. The average Bonchev–Trinajstić information content (AvgIpc) is 2.73. The van der Waals surface area contributed by atoms with Crippen molar-refractivity contribution in [2.24, 2.45) is 0 Å². The Hall–Kier alpha value is -3.18. The maximum absolute atomic E-state index is 5.30. The highest BCUT2D eigenvalue weighted by molar-refractivity contribution is 5.57. The number of rotatable bonds is 2. The summed E-state index contributed by atoms with van der Waals surface area (Å²) in [7, 11) is 1.69. The van der Waals surface area contributed by atoms with E-state index in [9.17, 15) is 0 Å². The third-order valence-electron chi connectivity index (χ3n) is 4.81. The van der Waals surface area contributed by atoms with Gasteiger partial charge in [0.05, 0.1) is 7.11 Å². The van der Waals surface area contributed by atoms with E-state index in [1.54, 1.807) is 7.11 Å². The number of methoxy groups -OCH3 is 1. The molecule has 0 N–H and O–H groups in total. The molecule has 4 rings (SSSR count). The summed E-state index contributed by atoms with van der Waals surface area (Å²) in [6.45, 7) is 0.956. The van der Waals surface area contributed by atoms with Crippen LogP contribution in [0.5, 0.6) is 5.75 Å². The molecule has 2 nitrogen and oxygen atoms in total. The van der Waals surface area contributed by atoms with E-state index < -0.39 is 0 Å². The van der Waals surface area contributed by atoms with Gasteiger partial charge in [-0.25, -0.2) is 0 Å². The standard InChI is InChI=1S/C24H21NO/c1-26-22-14-12-21(13-15-22)25-18-17-20-9-5-6-10-23(20)24(25)16-11-19-7-3-2-4-8-19/h2-10,12-15,24H,17-18H2,1H3. The zero-order valence-electron chi connectivity index (χ0n) is 14.9. The van der Waals surface area contributed by atoms with Crippen molar-refractivity contribution >= 4 is 5.69 Å². The molecular formula is C24H21NO. The highest BCUT2D eigenvalue weighted by atomic mass is 16.5. The van der Waals surface area contributed by atoms with Crippen LogP contribution in [0.4, 0.5) is 5.69 Å². The lowest BCUT2D eigenvalue weighted by atomic mass is 9.92. The van der Waals surface area contributed by atoms with Gasteiger partial charge in [0.15, 0.2) is 0 Å². The molecule has 128 valence electrons. The van der Waals surface area contributed by atoms with Crippen molar-refractivity contribution in [1.29, 1.82) is 0 Å². The Balaban J connectivity index is 1.74. The van der Waals surface area contributed by atoms with E-state index in [0.29, 0.717) is 0 Å². The van der Waals surface area contributed by atoms with Crippen LogP contribution < -0.4 is 9.64 Å². The second-order valence-electron chi connectivity index (χ2n) is 6.38. The number of ether oxygens (including phenoxy) is 1. The van der Waals surface area contributed by atoms with Crippen molar-refractivity contribution in [3.63, 3.8) is 0 Å². The van der Waals surface area contributed by atoms with Crippen LogP contribution in [0, 0.1) is 11.8 Å². The SMILES string of the molecule is COc1ccc(N2CCc3ccccc3C2C#Cc2ccccc2)cc1. The first-order chi connectivity index (χ1) is 12.8. The Morgan fingerprint density at radius 1 is 0.885 bits per heavy atom. The second-order valence-corrected chi connectivity index (χ2v) is 6.38. The highest BCUT2D eigenvalue weighted by Gasteiger charge is 2.25. The minimum Gasteiger partial charge on any atom is -0.497 e. The minimum atomic E-state index is 0.0496.